The van der Waals surface area contributed by atoms with Crippen LogP contribution in [0.1, 0.15) is 29.3 Å². The molecule has 2 rings (SSSR count). The van der Waals surface area contributed by atoms with Gasteiger partial charge in [0.25, 0.3) is 0 Å². The molecule has 20 heavy (non-hydrogen) atoms. The second kappa shape index (κ2) is 6.05. The fraction of sp³-hybridized carbons (Fsp3) is 0.467. The first-order valence-corrected chi connectivity index (χ1v) is 6.79. The number of hydrogen-bond donors (Lipinski definition) is 1. The molecule has 0 bridgehead atoms. The number of aromatic nitrogens is 3. The van der Waals surface area contributed by atoms with Gasteiger partial charge in [-0.1, -0.05) is 17.3 Å². The molecule has 5 nitrogen and oxygen atoms in total. The quantitative estimate of drug-likeness (QED) is 0.904. The molecule has 5 heteroatoms. The molecule has 0 spiro atoms. The molecule has 0 aliphatic heterocycles. The molecule has 2 N–H and O–H groups in total. The highest BCUT2D eigenvalue weighted by Gasteiger charge is 2.09. The second-order valence-electron chi connectivity index (χ2n) is 5.41. The Kier molecular flexibility index (Phi) is 4.39. The van der Waals surface area contributed by atoms with Crippen LogP contribution in [-0.4, -0.2) is 21.0 Å². The van der Waals surface area contributed by atoms with Crippen LogP contribution in [0.2, 0.25) is 0 Å². The molecule has 1 unspecified atom stereocenters. The van der Waals surface area contributed by atoms with Crippen molar-refractivity contribution in [1.29, 1.82) is 0 Å². The lowest BCUT2D eigenvalue weighted by Crippen LogP contribution is -2.18. The molecule has 1 aromatic heterocycles. The Bertz CT molecular complexity index is 566. The van der Waals surface area contributed by atoms with Crippen molar-refractivity contribution < 1.29 is 4.74 Å². The predicted molar refractivity (Wildman–Crippen MR) is 78.6 cm³/mol. The minimum atomic E-state index is 0.167. The summed E-state index contributed by atoms with van der Waals surface area (Å²) in [5, 5.41) is 7.91. The van der Waals surface area contributed by atoms with E-state index in [2.05, 4.69) is 36.3 Å². The highest BCUT2D eigenvalue weighted by atomic mass is 16.5. The van der Waals surface area contributed by atoms with E-state index in [0.29, 0.717) is 6.61 Å². The molecule has 0 aliphatic carbocycles. The van der Waals surface area contributed by atoms with Crippen molar-refractivity contribution in [3.63, 3.8) is 0 Å². The predicted octanol–water partition coefficient (Wildman–Crippen LogP) is 1.90. The molecule has 1 heterocycles. The van der Waals surface area contributed by atoms with Gasteiger partial charge in [-0.05, 0) is 43.9 Å². The Balaban J connectivity index is 2.11. The van der Waals surface area contributed by atoms with Crippen LogP contribution < -0.4 is 10.5 Å². The number of nitrogens with zero attached hydrogens (tertiary/aromatic N) is 3. The number of ether oxygens (including phenoxy) is 1. The summed E-state index contributed by atoms with van der Waals surface area (Å²) in [5.74, 6) is 0.920. The molecule has 0 saturated carbocycles. The monoisotopic (exact) mass is 274 g/mol. The topological polar surface area (TPSA) is 66.0 Å². The van der Waals surface area contributed by atoms with Gasteiger partial charge in [0.1, 0.15) is 18.1 Å². The Hall–Kier alpha value is -1.88. The molecular weight excluding hydrogens is 252 g/mol. The van der Waals surface area contributed by atoms with E-state index >= 15 is 0 Å². The summed E-state index contributed by atoms with van der Waals surface area (Å²) >= 11 is 0. The first-order valence-electron chi connectivity index (χ1n) is 6.79. The Morgan fingerprint density at radius 1 is 1.30 bits per heavy atom. The average molecular weight is 274 g/mol. The van der Waals surface area contributed by atoms with Crippen LogP contribution in [0, 0.1) is 13.8 Å². The zero-order valence-electron chi connectivity index (χ0n) is 12.6. The molecule has 108 valence electrons. The standard InChI is InChI=1S/C15H22N4O/c1-10-5-13(7-12(3)16)6-11(2)15(10)20-9-14-8-19(4)18-17-14/h5-6,8,12H,7,9,16H2,1-4H3. The van der Waals surface area contributed by atoms with E-state index in [1.807, 2.05) is 20.2 Å². The summed E-state index contributed by atoms with van der Waals surface area (Å²) in [4.78, 5) is 0. The minimum Gasteiger partial charge on any atom is -0.487 e. The first-order chi connectivity index (χ1) is 9.45. The molecule has 0 amide bonds. The van der Waals surface area contributed by atoms with Crippen LogP contribution in [-0.2, 0) is 20.1 Å². The lowest BCUT2D eigenvalue weighted by atomic mass is 10.0. The minimum absolute atomic E-state index is 0.167. The zero-order valence-corrected chi connectivity index (χ0v) is 12.6. The van der Waals surface area contributed by atoms with Crippen LogP contribution in [0.15, 0.2) is 18.3 Å². The van der Waals surface area contributed by atoms with Crippen LogP contribution in [0.25, 0.3) is 0 Å². The van der Waals surface area contributed by atoms with Crippen LogP contribution in [0.3, 0.4) is 0 Å². The molecule has 1 aromatic carbocycles. The van der Waals surface area contributed by atoms with E-state index in [1.165, 1.54) is 5.56 Å². The van der Waals surface area contributed by atoms with Gasteiger partial charge in [0, 0.05) is 13.1 Å². The fourth-order valence-electron chi connectivity index (χ4n) is 2.36. The van der Waals surface area contributed by atoms with Gasteiger partial charge in [-0.2, -0.15) is 0 Å². The summed E-state index contributed by atoms with van der Waals surface area (Å²) in [6.45, 7) is 6.57. The normalized spacial score (nSPS) is 12.4. The molecule has 0 fully saturated rings. The van der Waals surface area contributed by atoms with E-state index in [4.69, 9.17) is 10.5 Å². The van der Waals surface area contributed by atoms with E-state index in [1.54, 1.807) is 4.68 Å². The summed E-state index contributed by atoms with van der Waals surface area (Å²) in [5.41, 5.74) is 10.2. The Morgan fingerprint density at radius 3 is 2.45 bits per heavy atom. The van der Waals surface area contributed by atoms with Crippen molar-refractivity contribution in [2.75, 3.05) is 0 Å². The van der Waals surface area contributed by atoms with Gasteiger partial charge < -0.3 is 10.5 Å². The summed E-state index contributed by atoms with van der Waals surface area (Å²) in [6.07, 6.45) is 2.74. The maximum absolute atomic E-state index is 5.88. The Morgan fingerprint density at radius 2 is 1.95 bits per heavy atom. The fourth-order valence-corrected chi connectivity index (χ4v) is 2.36. The van der Waals surface area contributed by atoms with E-state index < -0.39 is 0 Å². The Labute approximate surface area is 119 Å². The van der Waals surface area contributed by atoms with E-state index in [-0.39, 0.29) is 6.04 Å². The summed E-state index contributed by atoms with van der Waals surface area (Å²) in [7, 11) is 1.84. The van der Waals surface area contributed by atoms with Crippen molar-refractivity contribution in [2.24, 2.45) is 12.8 Å². The van der Waals surface area contributed by atoms with Crippen LogP contribution in [0.4, 0.5) is 0 Å². The van der Waals surface area contributed by atoms with Crippen LogP contribution in [0.5, 0.6) is 5.75 Å². The number of aryl methyl sites for hydroxylation is 3. The number of hydrogen-bond acceptors (Lipinski definition) is 4. The number of benzene rings is 1. The van der Waals surface area contributed by atoms with Crippen molar-refractivity contribution in [1.82, 2.24) is 15.0 Å². The third-order valence-electron chi connectivity index (χ3n) is 3.09. The molecule has 0 radical (unpaired) electrons. The highest BCUT2D eigenvalue weighted by Crippen LogP contribution is 2.26. The lowest BCUT2D eigenvalue weighted by molar-refractivity contribution is 0.297. The van der Waals surface area contributed by atoms with Gasteiger partial charge in [-0.3, -0.25) is 4.68 Å². The third kappa shape index (κ3) is 3.57. The molecule has 2 aromatic rings. The number of nitrogens with two attached hydrogens (primary N) is 1. The van der Waals surface area contributed by atoms with Gasteiger partial charge in [0.15, 0.2) is 0 Å². The van der Waals surface area contributed by atoms with Gasteiger partial charge in [-0.25, -0.2) is 0 Å². The zero-order chi connectivity index (χ0) is 14.7. The lowest BCUT2D eigenvalue weighted by Gasteiger charge is -2.14. The summed E-state index contributed by atoms with van der Waals surface area (Å²) < 4.78 is 7.55. The second-order valence-corrected chi connectivity index (χ2v) is 5.41. The van der Waals surface area contributed by atoms with Crippen molar-refractivity contribution in [3.8, 4) is 5.75 Å². The van der Waals surface area contributed by atoms with Crippen molar-refractivity contribution >= 4 is 0 Å². The smallest absolute Gasteiger partial charge is 0.134 e. The average Bonchev–Trinajstić information content (AvgIpc) is 2.73. The van der Waals surface area contributed by atoms with Gasteiger partial charge in [0.2, 0.25) is 0 Å². The van der Waals surface area contributed by atoms with Crippen molar-refractivity contribution in [2.45, 2.75) is 39.8 Å². The van der Waals surface area contributed by atoms with E-state index in [0.717, 1.165) is 29.0 Å². The maximum Gasteiger partial charge on any atom is 0.134 e. The maximum atomic E-state index is 5.88. The van der Waals surface area contributed by atoms with Gasteiger partial charge in [0.05, 0.1) is 6.20 Å². The van der Waals surface area contributed by atoms with E-state index in [9.17, 15) is 0 Å². The van der Waals surface area contributed by atoms with Crippen molar-refractivity contribution in [3.05, 3.63) is 40.7 Å². The molecule has 0 saturated heterocycles. The third-order valence-corrected chi connectivity index (χ3v) is 3.09. The first kappa shape index (κ1) is 14.5. The molecule has 1 atom stereocenters. The SMILES string of the molecule is Cc1cc(CC(C)N)cc(C)c1OCc1cn(C)nn1. The van der Waals surface area contributed by atoms with Crippen LogP contribution >= 0.6 is 0 Å². The van der Waals surface area contributed by atoms with Gasteiger partial charge in [-0.15, -0.1) is 5.10 Å². The molecular formula is C15H22N4O. The molecule has 0 aliphatic rings. The van der Waals surface area contributed by atoms with Gasteiger partial charge >= 0.3 is 0 Å². The summed E-state index contributed by atoms with van der Waals surface area (Å²) in [6, 6.07) is 4.45. The largest absolute Gasteiger partial charge is 0.487 e. The highest BCUT2D eigenvalue weighted by molar-refractivity contribution is 5.43. The number of rotatable bonds is 5.